The van der Waals surface area contributed by atoms with Gasteiger partial charge < -0.3 is 15.1 Å². The van der Waals surface area contributed by atoms with Gasteiger partial charge in [0.05, 0.1) is 5.69 Å². The van der Waals surface area contributed by atoms with Gasteiger partial charge in [0.25, 0.3) is 0 Å². The maximum Gasteiger partial charge on any atom is 0.130 e. The van der Waals surface area contributed by atoms with Gasteiger partial charge in [-0.2, -0.15) is 5.10 Å². The van der Waals surface area contributed by atoms with Crippen LogP contribution in [-0.2, 0) is 13.6 Å². The summed E-state index contributed by atoms with van der Waals surface area (Å²) in [4.78, 5) is 4.45. The molecule has 0 unspecified atom stereocenters. The Hall–Kier alpha value is -2.08. The van der Waals surface area contributed by atoms with E-state index in [0.29, 0.717) is 6.04 Å². The quantitative estimate of drug-likeness (QED) is 0.904. The van der Waals surface area contributed by atoms with E-state index in [1.165, 1.54) is 17.7 Å². The van der Waals surface area contributed by atoms with Crippen LogP contribution in [-0.4, -0.2) is 43.0 Å². The van der Waals surface area contributed by atoms with Crippen LogP contribution >= 0.6 is 0 Å². The second-order valence-electron chi connectivity index (χ2n) is 7.02. The molecule has 0 spiro atoms. The van der Waals surface area contributed by atoms with E-state index in [2.05, 4.69) is 41.2 Å². The first kappa shape index (κ1) is 17.7. The molecule has 0 atom stereocenters. The van der Waals surface area contributed by atoms with Crippen molar-refractivity contribution in [2.24, 2.45) is 7.05 Å². The lowest BCUT2D eigenvalue weighted by molar-refractivity contribution is 0.413. The number of nitrogens with one attached hydrogen (secondary N) is 1. The normalized spacial score (nSPS) is 15.6. The number of aryl methyl sites for hydroxylation is 2. The summed E-state index contributed by atoms with van der Waals surface area (Å²) >= 11 is 0. The first-order valence-electron chi connectivity index (χ1n) is 8.89. The summed E-state index contributed by atoms with van der Waals surface area (Å²) in [6.45, 7) is 4.90. The number of hydrogen-bond donors (Lipinski definition) is 1. The zero-order chi connectivity index (χ0) is 18.0. The molecular weight excluding hydrogens is 317 g/mol. The van der Waals surface area contributed by atoms with Gasteiger partial charge in [-0.1, -0.05) is 0 Å². The predicted octanol–water partition coefficient (Wildman–Crippen LogP) is 2.69. The largest absolute Gasteiger partial charge is 0.371 e. The molecule has 1 aromatic carbocycles. The lowest BCUT2D eigenvalue weighted by atomic mass is 10.0. The maximum absolute atomic E-state index is 13.1. The van der Waals surface area contributed by atoms with Crippen LogP contribution in [0.2, 0.25) is 0 Å². The number of rotatable bonds is 5. The second-order valence-corrected chi connectivity index (χ2v) is 7.02. The molecule has 1 N–H and O–H groups in total. The molecular formula is C19H28FN5. The van der Waals surface area contributed by atoms with Crippen molar-refractivity contribution in [3.8, 4) is 0 Å². The van der Waals surface area contributed by atoms with Gasteiger partial charge in [-0.25, -0.2) is 4.39 Å². The van der Waals surface area contributed by atoms with Crippen LogP contribution in [0.5, 0.6) is 0 Å². The highest BCUT2D eigenvalue weighted by molar-refractivity contribution is 5.49. The number of hydrogen-bond acceptors (Lipinski definition) is 4. The molecule has 2 heterocycles. The van der Waals surface area contributed by atoms with Gasteiger partial charge in [-0.05, 0) is 44.0 Å². The summed E-state index contributed by atoms with van der Waals surface area (Å²) < 4.78 is 15.0. The lowest BCUT2D eigenvalue weighted by Gasteiger charge is -2.34. The Labute approximate surface area is 149 Å². The average molecular weight is 345 g/mol. The Bertz CT molecular complexity index is 699. The summed E-state index contributed by atoms with van der Waals surface area (Å²) in [5.74, 6) is 0.984. The number of anilines is 2. The van der Waals surface area contributed by atoms with E-state index in [-0.39, 0.29) is 5.82 Å². The van der Waals surface area contributed by atoms with Crippen molar-refractivity contribution in [1.82, 2.24) is 15.1 Å². The number of aromatic nitrogens is 2. The Morgan fingerprint density at radius 2 is 1.84 bits per heavy atom. The van der Waals surface area contributed by atoms with Crippen LogP contribution in [0.25, 0.3) is 0 Å². The van der Waals surface area contributed by atoms with Gasteiger partial charge in [-0.3, -0.25) is 4.68 Å². The van der Waals surface area contributed by atoms with Crippen LogP contribution in [0.1, 0.15) is 24.1 Å². The van der Waals surface area contributed by atoms with Crippen LogP contribution in [0.15, 0.2) is 24.3 Å². The van der Waals surface area contributed by atoms with Gasteiger partial charge in [-0.15, -0.1) is 0 Å². The highest BCUT2D eigenvalue weighted by Crippen LogP contribution is 2.23. The molecule has 2 aromatic rings. The minimum absolute atomic E-state index is 0.177. The number of nitrogens with zero attached hydrogens (tertiary/aromatic N) is 4. The van der Waals surface area contributed by atoms with Gasteiger partial charge in [0.15, 0.2) is 0 Å². The van der Waals surface area contributed by atoms with E-state index in [0.717, 1.165) is 49.7 Å². The Kier molecular flexibility index (Phi) is 5.27. The summed E-state index contributed by atoms with van der Waals surface area (Å²) in [5, 5.41) is 8.25. The fourth-order valence-electron chi connectivity index (χ4n) is 3.70. The molecule has 136 valence electrons. The van der Waals surface area contributed by atoms with Crippen LogP contribution in [0, 0.1) is 12.7 Å². The van der Waals surface area contributed by atoms with Crippen molar-refractivity contribution in [1.29, 1.82) is 0 Å². The molecule has 1 aliphatic rings. The second kappa shape index (κ2) is 7.44. The monoisotopic (exact) mass is 345 g/mol. The van der Waals surface area contributed by atoms with Crippen molar-refractivity contribution in [3.05, 3.63) is 41.3 Å². The third-order valence-corrected chi connectivity index (χ3v) is 4.99. The molecule has 5 nitrogen and oxygen atoms in total. The summed E-state index contributed by atoms with van der Waals surface area (Å²) in [7, 11) is 6.11. The Morgan fingerprint density at radius 3 is 2.44 bits per heavy atom. The van der Waals surface area contributed by atoms with E-state index in [1.54, 1.807) is 0 Å². The molecule has 6 heteroatoms. The molecule has 0 amide bonds. The van der Waals surface area contributed by atoms with E-state index in [9.17, 15) is 4.39 Å². The van der Waals surface area contributed by atoms with Gasteiger partial charge in [0.2, 0.25) is 0 Å². The SMILES string of the molecule is Cc1nn(C)c(N(C)C)c1CNC1CCN(c2ccc(F)cc2)CC1. The van der Waals surface area contributed by atoms with Gasteiger partial charge >= 0.3 is 0 Å². The highest BCUT2D eigenvalue weighted by Gasteiger charge is 2.21. The zero-order valence-electron chi connectivity index (χ0n) is 15.6. The van der Waals surface area contributed by atoms with Gasteiger partial charge in [0.1, 0.15) is 11.6 Å². The third kappa shape index (κ3) is 3.95. The van der Waals surface area contributed by atoms with E-state index in [4.69, 9.17) is 0 Å². The first-order chi connectivity index (χ1) is 12.0. The highest BCUT2D eigenvalue weighted by atomic mass is 19.1. The first-order valence-corrected chi connectivity index (χ1v) is 8.89. The van der Waals surface area contributed by atoms with Crippen molar-refractivity contribution in [2.45, 2.75) is 32.4 Å². The number of halogens is 1. The Balaban J connectivity index is 1.56. The zero-order valence-corrected chi connectivity index (χ0v) is 15.6. The molecule has 1 aliphatic heterocycles. The summed E-state index contributed by atoms with van der Waals surface area (Å²) in [5.41, 5.74) is 3.47. The Morgan fingerprint density at radius 1 is 1.20 bits per heavy atom. The van der Waals surface area contributed by atoms with Crippen LogP contribution < -0.4 is 15.1 Å². The topological polar surface area (TPSA) is 36.3 Å². The van der Waals surface area contributed by atoms with Crippen LogP contribution in [0.3, 0.4) is 0 Å². The molecule has 3 rings (SSSR count). The van der Waals surface area contributed by atoms with E-state index in [1.807, 2.05) is 23.9 Å². The number of benzene rings is 1. The lowest BCUT2D eigenvalue weighted by Crippen LogP contribution is -2.42. The van der Waals surface area contributed by atoms with E-state index >= 15 is 0 Å². The van der Waals surface area contributed by atoms with Gasteiger partial charge in [0, 0.05) is 58.1 Å². The van der Waals surface area contributed by atoms with Crippen molar-refractivity contribution < 1.29 is 4.39 Å². The summed E-state index contributed by atoms with van der Waals surface area (Å²) in [6.07, 6.45) is 2.18. The maximum atomic E-state index is 13.1. The average Bonchev–Trinajstić information content (AvgIpc) is 2.88. The smallest absolute Gasteiger partial charge is 0.130 e. The molecule has 0 bridgehead atoms. The fourth-order valence-corrected chi connectivity index (χ4v) is 3.70. The fraction of sp³-hybridized carbons (Fsp3) is 0.526. The standard InChI is InChI=1S/C19H28FN5/c1-14-18(19(23(2)3)24(4)22-14)13-21-16-9-11-25(12-10-16)17-7-5-15(20)6-8-17/h5-8,16,21H,9-13H2,1-4H3. The molecule has 0 radical (unpaired) electrons. The molecule has 0 aliphatic carbocycles. The van der Waals surface area contributed by atoms with Crippen molar-refractivity contribution in [2.75, 3.05) is 37.0 Å². The molecule has 1 aromatic heterocycles. The van der Waals surface area contributed by atoms with Crippen LogP contribution in [0.4, 0.5) is 15.9 Å². The minimum Gasteiger partial charge on any atom is -0.371 e. The van der Waals surface area contributed by atoms with Crippen molar-refractivity contribution in [3.63, 3.8) is 0 Å². The van der Waals surface area contributed by atoms with Crippen molar-refractivity contribution >= 4 is 11.5 Å². The third-order valence-electron chi connectivity index (χ3n) is 4.99. The minimum atomic E-state index is -0.177. The predicted molar refractivity (Wildman–Crippen MR) is 101 cm³/mol. The molecule has 0 saturated carbocycles. The molecule has 1 saturated heterocycles. The number of piperidine rings is 1. The molecule has 25 heavy (non-hydrogen) atoms. The molecule has 1 fully saturated rings. The summed E-state index contributed by atoms with van der Waals surface area (Å²) in [6, 6.07) is 7.31. The van der Waals surface area contributed by atoms with E-state index < -0.39 is 0 Å².